The van der Waals surface area contributed by atoms with Gasteiger partial charge in [-0.15, -0.1) is 0 Å². The van der Waals surface area contributed by atoms with Crippen molar-refractivity contribution in [3.63, 3.8) is 0 Å². The molecule has 0 fully saturated rings. The summed E-state index contributed by atoms with van der Waals surface area (Å²) in [5, 5.41) is 2.80. The lowest BCUT2D eigenvalue weighted by molar-refractivity contribution is -0.121. The van der Waals surface area contributed by atoms with Crippen LogP contribution in [0.2, 0.25) is 0 Å². The maximum absolute atomic E-state index is 11.8. The fourth-order valence-corrected chi connectivity index (χ4v) is 3.49. The predicted molar refractivity (Wildman–Crippen MR) is 80.9 cm³/mol. The number of amides is 1. The number of carbonyl (C=O) groups is 1. The van der Waals surface area contributed by atoms with Crippen LogP contribution in [0, 0.1) is 0 Å². The molecule has 0 aromatic heterocycles. The van der Waals surface area contributed by atoms with Crippen LogP contribution in [0.5, 0.6) is 0 Å². The summed E-state index contributed by atoms with van der Waals surface area (Å²) in [6, 6.07) is -0.211. The second kappa shape index (κ2) is 7.78. The van der Waals surface area contributed by atoms with Crippen molar-refractivity contribution < 1.29 is 13.2 Å². The minimum absolute atomic E-state index is 0.102. The molecule has 0 bridgehead atoms. The molecule has 0 saturated carbocycles. The van der Waals surface area contributed by atoms with Crippen molar-refractivity contribution in [3.05, 3.63) is 11.6 Å². The van der Waals surface area contributed by atoms with Crippen LogP contribution in [-0.4, -0.2) is 44.0 Å². The molecule has 0 radical (unpaired) electrons. The van der Waals surface area contributed by atoms with Gasteiger partial charge in [0, 0.05) is 12.6 Å². The number of hydrogen-bond donors (Lipinski definition) is 1. The van der Waals surface area contributed by atoms with Crippen LogP contribution >= 0.6 is 0 Å². The molecule has 0 aromatic rings. The molecule has 0 spiro atoms. The largest absolute Gasteiger partial charge is 0.355 e. The van der Waals surface area contributed by atoms with Gasteiger partial charge in [-0.2, -0.15) is 4.31 Å². The average Bonchev–Trinajstić information content (AvgIpc) is 2.35. The zero-order chi connectivity index (χ0) is 15.2. The van der Waals surface area contributed by atoms with Crippen LogP contribution in [0.15, 0.2) is 11.6 Å². The number of nitrogens with zero attached hydrogens (tertiary/aromatic N) is 1. The van der Waals surface area contributed by atoms with Crippen LogP contribution in [-0.2, 0) is 14.8 Å². The van der Waals surface area contributed by atoms with E-state index < -0.39 is 10.0 Å². The predicted octanol–water partition coefficient (Wildman–Crippen LogP) is 1.66. The summed E-state index contributed by atoms with van der Waals surface area (Å²) in [5.41, 5.74) is 1.40. The molecule has 0 heterocycles. The molecule has 5 nitrogen and oxygen atoms in total. The van der Waals surface area contributed by atoms with Gasteiger partial charge in [0.05, 0.1) is 12.8 Å². The van der Waals surface area contributed by atoms with Gasteiger partial charge < -0.3 is 5.32 Å². The number of hydrogen-bond acceptors (Lipinski definition) is 3. The van der Waals surface area contributed by atoms with E-state index in [2.05, 4.69) is 11.4 Å². The number of nitrogens with one attached hydrogen (secondary N) is 1. The number of allylic oxidation sites excluding steroid dienone is 1. The Bertz CT molecular complexity index is 455. The van der Waals surface area contributed by atoms with Gasteiger partial charge in [0.15, 0.2) is 0 Å². The van der Waals surface area contributed by atoms with E-state index in [9.17, 15) is 13.2 Å². The average molecular weight is 302 g/mol. The maximum atomic E-state index is 11.8. The van der Waals surface area contributed by atoms with Gasteiger partial charge in [0.1, 0.15) is 0 Å². The molecule has 1 N–H and O–H groups in total. The standard InChI is InChI=1S/C14H26N2O3S/c1-12(2)16(20(3,18)19)11-14(17)15-10-9-13-7-5-4-6-8-13/h7,12H,4-6,8-11H2,1-3H3,(H,15,17). The Hall–Kier alpha value is -0.880. The second-order valence-corrected chi connectivity index (χ2v) is 7.55. The SMILES string of the molecule is CC(C)N(CC(=O)NCCC1=CCCCC1)S(C)(=O)=O. The third-order valence-electron chi connectivity index (χ3n) is 3.45. The first kappa shape index (κ1) is 17.2. The molecule has 0 unspecified atom stereocenters. The van der Waals surface area contributed by atoms with E-state index in [0.717, 1.165) is 25.5 Å². The molecule has 0 saturated heterocycles. The highest BCUT2D eigenvalue weighted by molar-refractivity contribution is 7.88. The van der Waals surface area contributed by atoms with Crippen molar-refractivity contribution in [2.24, 2.45) is 0 Å². The van der Waals surface area contributed by atoms with E-state index >= 15 is 0 Å². The normalized spacial score (nSPS) is 16.4. The van der Waals surface area contributed by atoms with E-state index in [1.165, 1.54) is 22.7 Å². The van der Waals surface area contributed by atoms with Crippen LogP contribution in [0.1, 0.15) is 46.0 Å². The summed E-state index contributed by atoms with van der Waals surface area (Å²) in [6.45, 7) is 4.01. The molecular weight excluding hydrogens is 276 g/mol. The molecule has 0 aromatic carbocycles. The molecule has 0 aliphatic heterocycles. The molecule has 1 amide bonds. The topological polar surface area (TPSA) is 66.5 Å². The van der Waals surface area contributed by atoms with Crippen molar-refractivity contribution in [1.29, 1.82) is 0 Å². The molecule has 116 valence electrons. The third kappa shape index (κ3) is 6.05. The smallest absolute Gasteiger partial charge is 0.235 e. The highest BCUT2D eigenvalue weighted by Gasteiger charge is 2.22. The number of rotatable bonds is 7. The Labute approximate surface area is 122 Å². The van der Waals surface area contributed by atoms with E-state index in [1.54, 1.807) is 13.8 Å². The summed E-state index contributed by atoms with van der Waals surface area (Å²) in [6.07, 6.45) is 9.00. The Balaban J connectivity index is 2.37. The van der Waals surface area contributed by atoms with E-state index in [4.69, 9.17) is 0 Å². The molecule has 20 heavy (non-hydrogen) atoms. The fourth-order valence-electron chi connectivity index (χ4n) is 2.37. The number of sulfonamides is 1. The van der Waals surface area contributed by atoms with Gasteiger partial charge >= 0.3 is 0 Å². The summed E-state index contributed by atoms with van der Waals surface area (Å²) < 4.78 is 24.3. The van der Waals surface area contributed by atoms with Gasteiger partial charge in [0.25, 0.3) is 0 Å². The Kier molecular flexibility index (Phi) is 6.68. The maximum Gasteiger partial charge on any atom is 0.235 e. The van der Waals surface area contributed by atoms with Gasteiger partial charge in [-0.25, -0.2) is 8.42 Å². The summed E-state index contributed by atoms with van der Waals surface area (Å²) >= 11 is 0. The first-order valence-electron chi connectivity index (χ1n) is 7.22. The monoisotopic (exact) mass is 302 g/mol. The van der Waals surface area contributed by atoms with Gasteiger partial charge in [0.2, 0.25) is 15.9 Å². The highest BCUT2D eigenvalue weighted by atomic mass is 32.2. The van der Waals surface area contributed by atoms with Crippen molar-refractivity contribution in [1.82, 2.24) is 9.62 Å². The third-order valence-corrected chi connectivity index (χ3v) is 4.86. The zero-order valence-corrected chi connectivity index (χ0v) is 13.5. The Morgan fingerprint density at radius 1 is 1.40 bits per heavy atom. The summed E-state index contributed by atoms with van der Waals surface area (Å²) in [4.78, 5) is 11.8. The first-order valence-corrected chi connectivity index (χ1v) is 9.07. The van der Waals surface area contributed by atoms with Crippen LogP contribution in [0.4, 0.5) is 0 Å². The van der Waals surface area contributed by atoms with Crippen molar-refractivity contribution in [2.75, 3.05) is 19.3 Å². The molecule has 1 aliphatic rings. The summed E-state index contributed by atoms with van der Waals surface area (Å²) in [7, 11) is -3.34. The Morgan fingerprint density at radius 3 is 2.60 bits per heavy atom. The minimum Gasteiger partial charge on any atom is -0.355 e. The Morgan fingerprint density at radius 2 is 2.10 bits per heavy atom. The van der Waals surface area contributed by atoms with Crippen LogP contribution < -0.4 is 5.32 Å². The zero-order valence-electron chi connectivity index (χ0n) is 12.7. The van der Waals surface area contributed by atoms with Gasteiger partial charge in [-0.3, -0.25) is 4.79 Å². The van der Waals surface area contributed by atoms with Crippen molar-refractivity contribution >= 4 is 15.9 Å². The highest BCUT2D eigenvalue weighted by Crippen LogP contribution is 2.19. The fraction of sp³-hybridized carbons (Fsp3) is 0.786. The summed E-state index contributed by atoms with van der Waals surface area (Å²) in [5.74, 6) is -0.236. The number of carbonyl (C=O) groups excluding carboxylic acids is 1. The van der Waals surface area contributed by atoms with Crippen LogP contribution in [0.25, 0.3) is 0 Å². The molecule has 0 atom stereocenters. The van der Waals surface area contributed by atoms with E-state index in [1.807, 2.05) is 0 Å². The van der Waals surface area contributed by atoms with E-state index in [-0.39, 0.29) is 18.5 Å². The molecule has 6 heteroatoms. The van der Waals surface area contributed by atoms with Crippen LogP contribution in [0.3, 0.4) is 0 Å². The quantitative estimate of drug-likeness (QED) is 0.727. The minimum atomic E-state index is -3.34. The van der Waals surface area contributed by atoms with E-state index in [0.29, 0.717) is 6.54 Å². The lowest BCUT2D eigenvalue weighted by Crippen LogP contribution is -2.44. The first-order chi connectivity index (χ1) is 9.30. The van der Waals surface area contributed by atoms with Crippen molar-refractivity contribution in [3.8, 4) is 0 Å². The van der Waals surface area contributed by atoms with Crippen molar-refractivity contribution in [2.45, 2.75) is 52.0 Å². The lowest BCUT2D eigenvalue weighted by Gasteiger charge is -2.23. The second-order valence-electron chi connectivity index (χ2n) is 5.61. The molecular formula is C14H26N2O3S. The van der Waals surface area contributed by atoms with Gasteiger partial charge in [-0.1, -0.05) is 11.6 Å². The lowest BCUT2D eigenvalue weighted by atomic mass is 9.97. The molecule has 1 rings (SSSR count). The molecule has 1 aliphatic carbocycles. The van der Waals surface area contributed by atoms with Gasteiger partial charge in [-0.05, 0) is 46.0 Å².